The molecule has 0 saturated heterocycles. The summed E-state index contributed by atoms with van der Waals surface area (Å²) in [6.07, 6.45) is 4.16. The van der Waals surface area contributed by atoms with Crippen molar-refractivity contribution in [3.8, 4) is 5.75 Å². The number of benzene rings is 1. The second kappa shape index (κ2) is 9.64. The van der Waals surface area contributed by atoms with Crippen molar-refractivity contribution in [3.05, 3.63) is 55.1 Å². The molecule has 1 N–H and O–H groups in total. The van der Waals surface area contributed by atoms with E-state index in [1.165, 1.54) is 5.56 Å². The molecule has 0 radical (unpaired) electrons. The second-order valence-corrected chi connectivity index (χ2v) is 4.73. The summed E-state index contributed by atoms with van der Waals surface area (Å²) in [6.45, 7) is 11.5. The molecule has 0 aliphatic rings. The first kappa shape index (κ1) is 16.8. The van der Waals surface area contributed by atoms with Crippen LogP contribution >= 0.6 is 0 Å². The van der Waals surface area contributed by atoms with Gasteiger partial charge in [0.2, 0.25) is 0 Å². The first-order valence-corrected chi connectivity index (χ1v) is 7.11. The molecule has 1 aromatic rings. The Kier molecular flexibility index (Phi) is 7.72. The van der Waals surface area contributed by atoms with Crippen LogP contribution in [0.3, 0.4) is 0 Å². The highest BCUT2D eigenvalue weighted by Gasteiger charge is 2.08. The van der Waals surface area contributed by atoms with E-state index < -0.39 is 0 Å². The van der Waals surface area contributed by atoms with Gasteiger partial charge < -0.3 is 15.0 Å². The minimum absolute atomic E-state index is 0.106. The van der Waals surface area contributed by atoms with E-state index in [4.69, 9.17) is 4.74 Å². The maximum Gasteiger partial charge on any atom is 0.317 e. The number of nitrogens with zero attached hydrogens (tertiary/aromatic N) is 1. The van der Waals surface area contributed by atoms with E-state index >= 15 is 0 Å². The summed E-state index contributed by atoms with van der Waals surface area (Å²) in [6, 6.07) is 7.82. The molecule has 0 atom stereocenters. The predicted octanol–water partition coefficient (Wildman–Crippen LogP) is 3.15. The molecule has 21 heavy (non-hydrogen) atoms. The molecule has 0 aliphatic heterocycles. The number of carbonyl (C=O) groups excluding carboxylic acids is 1. The van der Waals surface area contributed by atoms with Crippen molar-refractivity contribution in [2.75, 3.05) is 26.2 Å². The second-order valence-electron chi connectivity index (χ2n) is 4.73. The topological polar surface area (TPSA) is 41.6 Å². The van der Waals surface area contributed by atoms with Crippen LogP contribution < -0.4 is 10.1 Å². The Balaban J connectivity index is 2.20. The van der Waals surface area contributed by atoms with E-state index in [9.17, 15) is 4.79 Å². The molecular formula is C17H24N2O2. The normalized spacial score (nSPS) is 9.76. The lowest BCUT2D eigenvalue weighted by molar-refractivity contribution is 0.207. The molecular weight excluding hydrogens is 264 g/mol. The number of hydrogen-bond acceptors (Lipinski definition) is 2. The summed E-state index contributed by atoms with van der Waals surface area (Å²) in [4.78, 5) is 13.5. The largest absolute Gasteiger partial charge is 0.494 e. The molecule has 0 heterocycles. The van der Waals surface area contributed by atoms with Crippen LogP contribution in [0.4, 0.5) is 4.79 Å². The van der Waals surface area contributed by atoms with Crippen LogP contribution in [0.25, 0.3) is 0 Å². The number of rotatable bonds is 9. The van der Waals surface area contributed by atoms with Crippen LogP contribution in [-0.2, 0) is 0 Å². The lowest BCUT2D eigenvalue weighted by Gasteiger charge is -2.19. The Hall–Kier alpha value is -2.23. The van der Waals surface area contributed by atoms with Crippen molar-refractivity contribution in [1.82, 2.24) is 10.2 Å². The average molecular weight is 288 g/mol. The zero-order valence-electron chi connectivity index (χ0n) is 12.7. The summed E-state index contributed by atoms with van der Waals surface area (Å²) >= 11 is 0. The molecule has 1 aromatic carbocycles. The Morgan fingerprint density at radius 3 is 2.43 bits per heavy atom. The number of carbonyl (C=O) groups is 1. The van der Waals surface area contributed by atoms with E-state index in [2.05, 4.69) is 18.5 Å². The number of hydrogen-bond donors (Lipinski definition) is 1. The molecule has 2 amide bonds. The smallest absolute Gasteiger partial charge is 0.317 e. The molecule has 114 valence electrons. The molecule has 0 unspecified atom stereocenters. The van der Waals surface area contributed by atoms with Gasteiger partial charge in [-0.1, -0.05) is 29.8 Å². The highest BCUT2D eigenvalue weighted by atomic mass is 16.5. The van der Waals surface area contributed by atoms with Gasteiger partial charge in [-0.05, 0) is 25.5 Å². The fourth-order valence-corrected chi connectivity index (χ4v) is 1.76. The van der Waals surface area contributed by atoms with Crippen LogP contribution in [0.5, 0.6) is 5.75 Å². The average Bonchev–Trinajstić information content (AvgIpc) is 2.48. The molecule has 0 saturated carbocycles. The Morgan fingerprint density at radius 1 is 1.24 bits per heavy atom. The third-order valence-electron chi connectivity index (χ3n) is 2.87. The van der Waals surface area contributed by atoms with E-state index in [0.717, 1.165) is 12.2 Å². The van der Waals surface area contributed by atoms with Crippen molar-refractivity contribution in [2.45, 2.75) is 13.3 Å². The summed E-state index contributed by atoms with van der Waals surface area (Å²) in [5, 5.41) is 2.86. The van der Waals surface area contributed by atoms with Crippen LogP contribution in [0.1, 0.15) is 12.0 Å². The highest BCUT2D eigenvalue weighted by Crippen LogP contribution is 2.11. The molecule has 0 fully saturated rings. The first-order valence-electron chi connectivity index (χ1n) is 7.11. The van der Waals surface area contributed by atoms with Crippen molar-refractivity contribution in [1.29, 1.82) is 0 Å². The minimum Gasteiger partial charge on any atom is -0.494 e. The number of amides is 2. The Labute approximate surface area is 127 Å². The lowest BCUT2D eigenvalue weighted by Crippen LogP contribution is -2.40. The van der Waals surface area contributed by atoms with E-state index in [1.54, 1.807) is 17.1 Å². The zero-order chi connectivity index (χ0) is 15.5. The highest BCUT2D eigenvalue weighted by molar-refractivity contribution is 5.74. The van der Waals surface area contributed by atoms with Gasteiger partial charge in [0.15, 0.2) is 0 Å². The van der Waals surface area contributed by atoms with Crippen molar-refractivity contribution in [3.63, 3.8) is 0 Å². The Morgan fingerprint density at radius 2 is 1.86 bits per heavy atom. The van der Waals surface area contributed by atoms with Crippen LogP contribution in [0, 0.1) is 6.92 Å². The fourth-order valence-electron chi connectivity index (χ4n) is 1.76. The van der Waals surface area contributed by atoms with Crippen LogP contribution in [0.15, 0.2) is 49.6 Å². The molecule has 0 spiro atoms. The summed E-state index contributed by atoms with van der Waals surface area (Å²) in [5.41, 5.74) is 1.21. The number of ether oxygens (including phenoxy) is 1. The molecule has 0 aliphatic carbocycles. The molecule has 4 nitrogen and oxygen atoms in total. The minimum atomic E-state index is -0.106. The maximum absolute atomic E-state index is 11.9. The van der Waals surface area contributed by atoms with Crippen molar-refractivity contribution < 1.29 is 9.53 Å². The van der Waals surface area contributed by atoms with E-state index in [-0.39, 0.29) is 6.03 Å². The van der Waals surface area contributed by atoms with Gasteiger partial charge in [-0.15, -0.1) is 13.2 Å². The predicted molar refractivity (Wildman–Crippen MR) is 86.7 cm³/mol. The van der Waals surface area contributed by atoms with Gasteiger partial charge in [0.25, 0.3) is 0 Å². The lowest BCUT2D eigenvalue weighted by atomic mass is 10.2. The van der Waals surface area contributed by atoms with Gasteiger partial charge >= 0.3 is 6.03 Å². The molecule has 4 heteroatoms. The standard InChI is InChI=1S/C17H24N2O2/c1-4-12-19(13-5-2)17(20)18-11-6-14-21-16-9-7-15(3)8-10-16/h4-5,7-10H,1-2,6,11-14H2,3H3,(H,18,20). The van der Waals surface area contributed by atoms with Gasteiger partial charge in [0, 0.05) is 19.6 Å². The number of aryl methyl sites for hydroxylation is 1. The monoisotopic (exact) mass is 288 g/mol. The summed E-state index contributed by atoms with van der Waals surface area (Å²) < 4.78 is 5.60. The number of nitrogens with one attached hydrogen (secondary N) is 1. The third kappa shape index (κ3) is 6.65. The quantitative estimate of drug-likeness (QED) is 0.560. The van der Waals surface area contributed by atoms with Crippen LogP contribution in [-0.4, -0.2) is 37.2 Å². The Bertz CT molecular complexity index is 444. The maximum atomic E-state index is 11.9. The van der Waals surface area contributed by atoms with Crippen molar-refractivity contribution in [2.24, 2.45) is 0 Å². The van der Waals surface area contributed by atoms with Gasteiger partial charge in [-0.2, -0.15) is 0 Å². The van der Waals surface area contributed by atoms with Gasteiger partial charge in [-0.3, -0.25) is 0 Å². The van der Waals surface area contributed by atoms with Crippen molar-refractivity contribution >= 4 is 6.03 Å². The zero-order valence-corrected chi connectivity index (χ0v) is 12.7. The SMILES string of the molecule is C=CCN(CC=C)C(=O)NCCCOc1ccc(C)cc1. The fraction of sp³-hybridized carbons (Fsp3) is 0.353. The van der Waals surface area contributed by atoms with Gasteiger partial charge in [0.05, 0.1) is 6.61 Å². The molecule has 1 rings (SSSR count). The first-order chi connectivity index (χ1) is 10.2. The summed E-state index contributed by atoms with van der Waals surface area (Å²) in [5.74, 6) is 0.854. The summed E-state index contributed by atoms with van der Waals surface area (Å²) in [7, 11) is 0. The van der Waals surface area contributed by atoms with Gasteiger partial charge in [0.1, 0.15) is 5.75 Å². The number of urea groups is 1. The third-order valence-corrected chi connectivity index (χ3v) is 2.87. The van der Waals surface area contributed by atoms with E-state index in [1.807, 2.05) is 31.2 Å². The van der Waals surface area contributed by atoms with Crippen LogP contribution in [0.2, 0.25) is 0 Å². The van der Waals surface area contributed by atoms with Gasteiger partial charge in [-0.25, -0.2) is 4.79 Å². The molecule has 0 aromatic heterocycles. The van der Waals surface area contributed by atoms with E-state index in [0.29, 0.717) is 26.2 Å². The molecule has 0 bridgehead atoms.